The molecule has 1 N–H and O–H groups in total. The van der Waals surface area contributed by atoms with E-state index in [1.165, 1.54) is 0 Å². The maximum Gasteiger partial charge on any atom is 0.0549 e. The summed E-state index contributed by atoms with van der Waals surface area (Å²) in [4.78, 5) is 0. The summed E-state index contributed by atoms with van der Waals surface area (Å²) in [5.74, 6) is 0.763. The Labute approximate surface area is 49.3 Å². The Hall–Kier alpha value is 0.250. The Morgan fingerprint density at radius 2 is 2.00 bits per heavy atom. The third kappa shape index (κ3) is 2.89. The summed E-state index contributed by atoms with van der Waals surface area (Å²) in [6, 6.07) is 0. The van der Waals surface area contributed by atoms with Crippen molar-refractivity contribution in [2.75, 3.05) is 5.88 Å². The molecule has 1 nitrogen and oxygen atoms in total. The van der Waals surface area contributed by atoms with Gasteiger partial charge in [-0.05, 0) is 12.8 Å². The van der Waals surface area contributed by atoms with Gasteiger partial charge < -0.3 is 5.11 Å². The molecule has 0 aliphatic heterocycles. The van der Waals surface area contributed by atoms with Gasteiger partial charge in [0.15, 0.2) is 0 Å². The van der Waals surface area contributed by atoms with Crippen molar-refractivity contribution in [3.05, 3.63) is 0 Å². The summed E-state index contributed by atoms with van der Waals surface area (Å²) in [6.07, 6.45) is -0.266. The van der Waals surface area contributed by atoms with Crippen LogP contribution in [0.15, 0.2) is 0 Å². The van der Waals surface area contributed by atoms with Crippen LogP contribution in [-0.4, -0.2) is 17.1 Å². The molecule has 0 aromatic carbocycles. The van der Waals surface area contributed by atoms with Gasteiger partial charge in [0, 0.05) is 5.88 Å². The molecule has 7 heavy (non-hydrogen) atoms. The summed E-state index contributed by atoms with van der Waals surface area (Å²) < 4.78 is 0. The van der Waals surface area contributed by atoms with Gasteiger partial charge in [-0.1, -0.05) is 6.92 Å². The molecule has 0 unspecified atom stereocenters. The first-order valence-electron chi connectivity index (χ1n) is 2.42. The summed E-state index contributed by atoms with van der Waals surface area (Å²) in [6.45, 7) is 3.66. The van der Waals surface area contributed by atoms with Crippen molar-refractivity contribution < 1.29 is 5.11 Å². The standard InChI is InChI=1S/C5H11ClO/c1-4(3-6)5(2)7/h4-5,7H,3H2,1-2H3/t4-,5+/m0/s1. The van der Waals surface area contributed by atoms with Gasteiger partial charge in [0.05, 0.1) is 6.10 Å². The lowest BCUT2D eigenvalue weighted by Crippen LogP contribution is -2.13. The monoisotopic (exact) mass is 122 g/mol. The summed E-state index contributed by atoms with van der Waals surface area (Å²) in [5, 5.41) is 8.74. The number of halogens is 1. The minimum Gasteiger partial charge on any atom is -0.393 e. The van der Waals surface area contributed by atoms with E-state index in [1.807, 2.05) is 6.92 Å². The van der Waals surface area contributed by atoms with Gasteiger partial charge in [-0.15, -0.1) is 11.6 Å². The third-order valence-electron chi connectivity index (χ3n) is 1.07. The predicted octanol–water partition coefficient (Wildman–Crippen LogP) is 1.24. The lowest BCUT2D eigenvalue weighted by molar-refractivity contribution is 0.146. The quantitative estimate of drug-likeness (QED) is 0.547. The molecule has 0 spiro atoms. The summed E-state index contributed by atoms with van der Waals surface area (Å²) in [5.41, 5.74) is 0. The average molecular weight is 123 g/mol. The highest BCUT2D eigenvalue weighted by Gasteiger charge is 2.04. The lowest BCUT2D eigenvalue weighted by Gasteiger charge is -2.08. The maximum atomic E-state index is 8.74. The number of aliphatic hydroxyl groups is 1. The Balaban J connectivity index is 3.14. The minimum atomic E-state index is -0.266. The molecule has 0 saturated carbocycles. The SMILES string of the molecule is C[C@@H](O)[C@@H](C)CCl. The molecular formula is C5H11ClO. The van der Waals surface area contributed by atoms with Crippen molar-refractivity contribution in [3.63, 3.8) is 0 Å². The molecule has 0 rings (SSSR count). The Morgan fingerprint density at radius 3 is 2.00 bits per heavy atom. The van der Waals surface area contributed by atoms with E-state index in [0.29, 0.717) is 5.88 Å². The normalized spacial score (nSPS) is 18.9. The molecule has 44 valence electrons. The second-order valence-corrected chi connectivity index (χ2v) is 2.18. The fourth-order valence-electron chi connectivity index (χ4n) is 0.129. The van der Waals surface area contributed by atoms with E-state index in [4.69, 9.17) is 16.7 Å². The number of aliphatic hydroxyl groups excluding tert-OH is 1. The molecule has 0 radical (unpaired) electrons. The van der Waals surface area contributed by atoms with E-state index in [9.17, 15) is 0 Å². The van der Waals surface area contributed by atoms with Crippen molar-refractivity contribution in [2.24, 2.45) is 5.92 Å². The summed E-state index contributed by atoms with van der Waals surface area (Å²) >= 11 is 5.39. The van der Waals surface area contributed by atoms with Crippen LogP contribution in [0.3, 0.4) is 0 Å². The Morgan fingerprint density at radius 1 is 1.57 bits per heavy atom. The van der Waals surface area contributed by atoms with E-state index >= 15 is 0 Å². The highest BCUT2D eigenvalue weighted by Crippen LogP contribution is 2.02. The molecule has 0 aliphatic carbocycles. The van der Waals surface area contributed by atoms with Gasteiger partial charge in [0.25, 0.3) is 0 Å². The van der Waals surface area contributed by atoms with Crippen LogP contribution >= 0.6 is 11.6 Å². The van der Waals surface area contributed by atoms with E-state index in [-0.39, 0.29) is 12.0 Å². The van der Waals surface area contributed by atoms with Crippen molar-refractivity contribution in [1.29, 1.82) is 0 Å². The zero-order chi connectivity index (χ0) is 5.86. The Bertz CT molecular complexity index is 45.3. The average Bonchev–Trinajstić information content (AvgIpc) is 1.65. The van der Waals surface area contributed by atoms with Gasteiger partial charge in [0.1, 0.15) is 0 Å². The Kier molecular flexibility index (Phi) is 3.39. The number of hydrogen-bond acceptors (Lipinski definition) is 1. The van der Waals surface area contributed by atoms with Gasteiger partial charge in [-0.2, -0.15) is 0 Å². The molecule has 2 atom stereocenters. The first-order valence-corrected chi connectivity index (χ1v) is 2.96. The highest BCUT2D eigenvalue weighted by atomic mass is 35.5. The van der Waals surface area contributed by atoms with Crippen molar-refractivity contribution in [3.8, 4) is 0 Å². The molecule has 0 bridgehead atoms. The maximum absolute atomic E-state index is 8.74. The predicted molar refractivity (Wildman–Crippen MR) is 31.6 cm³/mol. The lowest BCUT2D eigenvalue weighted by atomic mass is 10.1. The van der Waals surface area contributed by atoms with Gasteiger partial charge >= 0.3 is 0 Å². The second-order valence-electron chi connectivity index (χ2n) is 1.87. The van der Waals surface area contributed by atoms with Crippen molar-refractivity contribution >= 4 is 11.6 Å². The molecular weight excluding hydrogens is 112 g/mol. The first kappa shape index (κ1) is 7.25. The van der Waals surface area contributed by atoms with Crippen LogP contribution in [0.4, 0.5) is 0 Å². The van der Waals surface area contributed by atoms with Crippen LogP contribution < -0.4 is 0 Å². The molecule has 0 saturated heterocycles. The topological polar surface area (TPSA) is 20.2 Å². The van der Waals surface area contributed by atoms with E-state index in [2.05, 4.69) is 0 Å². The third-order valence-corrected chi connectivity index (χ3v) is 1.55. The molecule has 0 heterocycles. The molecule has 0 amide bonds. The zero-order valence-electron chi connectivity index (χ0n) is 4.69. The van der Waals surface area contributed by atoms with Crippen LogP contribution in [0.2, 0.25) is 0 Å². The van der Waals surface area contributed by atoms with E-state index in [0.717, 1.165) is 0 Å². The van der Waals surface area contributed by atoms with E-state index in [1.54, 1.807) is 6.92 Å². The van der Waals surface area contributed by atoms with Crippen LogP contribution in [-0.2, 0) is 0 Å². The van der Waals surface area contributed by atoms with Gasteiger partial charge in [0.2, 0.25) is 0 Å². The van der Waals surface area contributed by atoms with Crippen LogP contribution in [0.5, 0.6) is 0 Å². The molecule has 0 aromatic rings. The molecule has 0 aliphatic rings. The molecule has 0 aromatic heterocycles. The largest absolute Gasteiger partial charge is 0.393 e. The number of hydrogen-bond donors (Lipinski definition) is 1. The van der Waals surface area contributed by atoms with Crippen LogP contribution in [0.25, 0.3) is 0 Å². The summed E-state index contributed by atoms with van der Waals surface area (Å²) in [7, 11) is 0. The number of rotatable bonds is 2. The van der Waals surface area contributed by atoms with Crippen molar-refractivity contribution in [1.82, 2.24) is 0 Å². The minimum absolute atomic E-state index is 0.224. The van der Waals surface area contributed by atoms with E-state index < -0.39 is 0 Å². The van der Waals surface area contributed by atoms with Gasteiger partial charge in [-0.3, -0.25) is 0 Å². The first-order chi connectivity index (χ1) is 3.18. The van der Waals surface area contributed by atoms with Crippen molar-refractivity contribution in [2.45, 2.75) is 20.0 Å². The van der Waals surface area contributed by atoms with Crippen LogP contribution in [0, 0.1) is 5.92 Å². The number of alkyl halides is 1. The molecule has 0 fully saturated rings. The zero-order valence-corrected chi connectivity index (χ0v) is 5.44. The smallest absolute Gasteiger partial charge is 0.0549 e. The van der Waals surface area contributed by atoms with Gasteiger partial charge in [-0.25, -0.2) is 0 Å². The molecule has 2 heteroatoms. The second kappa shape index (κ2) is 3.28. The fraction of sp³-hybridized carbons (Fsp3) is 1.00. The fourth-order valence-corrected chi connectivity index (χ4v) is 0.387. The van der Waals surface area contributed by atoms with Crippen LogP contribution in [0.1, 0.15) is 13.8 Å². The highest BCUT2D eigenvalue weighted by molar-refractivity contribution is 6.18.